The van der Waals surface area contributed by atoms with Crippen molar-refractivity contribution in [1.82, 2.24) is 5.32 Å². The lowest BCUT2D eigenvalue weighted by molar-refractivity contribution is -0.123. The minimum absolute atomic E-state index is 0.0810. The lowest BCUT2D eigenvalue weighted by Gasteiger charge is -2.23. The molecule has 0 aliphatic carbocycles. The molecule has 0 aromatic heterocycles. The number of amides is 1. The van der Waals surface area contributed by atoms with Crippen molar-refractivity contribution in [2.75, 3.05) is 19.8 Å². The molecule has 3 unspecified atom stereocenters. The van der Waals surface area contributed by atoms with Crippen LogP contribution >= 0.6 is 7.82 Å². The van der Waals surface area contributed by atoms with Crippen molar-refractivity contribution in [3.8, 4) is 0 Å². The molecule has 0 radical (unpaired) electrons. The van der Waals surface area contributed by atoms with Gasteiger partial charge < -0.3 is 21.1 Å². The SMILES string of the molecule is CCCCCCCCCC/C=C/C(O)C(COP(=O)(O)OCCN)NC(=O)CCCCCCCCCCCCCCCCCCCCCC. The van der Waals surface area contributed by atoms with E-state index in [0.717, 1.165) is 38.5 Å². The van der Waals surface area contributed by atoms with Crippen molar-refractivity contribution >= 4 is 13.7 Å². The molecule has 0 aliphatic heterocycles. The second-order valence-corrected chi connectivity index (χ2v) is 15.7. The molecule has 292 valence electrons. The highest BCUT2D eigenvalue weighted by Gasteiger charge is 2.26. The first-order valence-corrected chi connectivity index (χ1v) is 22.3. The van der Waals surface area contributed by atoms with Crippen LogP contribution in [0.3, 0.4) is 0 Å². The van der Waals surface area contributed by atoms with Crippen molar-refractivity contribution in [3.05, 3.63) is 12.2 Å². The Morgan fingerprint density at radius 3 is 1.45 bits per heavy atom. The van der Waals surface area contributed by atoms with Crippen LogP contribution in [0.25, 0.3) is 0 Å². The fourth-order valence-electron chi connectivity index (χ4n) is 6.19. The normalized spacial score (nSPS) is 14.3. The summed E-state index contributed by atoms with van der Waals surface area (Å²) >= 11 is 0. The van der Waals surface area contributed by atoms with Crippen LogP contribution in [0.5, 0.6) is 0 Å². The van der Waals surface area contributed by atoms with E-state index in [1.807, 2.05) is 6.08 Å². The minimum atomic E-state index is -4.33. The number of nitrogens with two attached hydrogens (primary N) is 1. The first-order chi connectivity index (χ1) is 23.9. The third-order valence-corrected chi connectivity index (χ3v) is 10.3. The summed E-state index contributed by atoms with van der Waals surface area (Å²) in [6.07, 6.45) is 39.8. The van der Waals surface area contributed by atoms with Crippen molar-refractivity contribution in [2.45, 2.75) is 219 Å². The summed E-state index contributed by atoms with van der Waals surface area (Å²) in [5, 5.41) is 13.6. The number of nitrogens with one attached hydrogen (secondary N) is 1. The van der Waals surface area contributed by atoms with Crippen LogP contribution in [0.1, 0.15) is 206 Å². The summed E-state index contributed by atoms with van der Waals surface area (Å²) in [6, 6.07) is -0.852. The van der Waals surface area contributed by atoms with E-state index in [4.69, 9.17) is 14.8 Å². The Balaban J connectivity index is 4.09. The highest BCUT2D eigenvalue weighted by atomic mass is 31.2. The summed E-state index contributed by atoms with van der Waals surface area (Å²) in [7, 11) is -4.33. The zero-order valence-corrected chi connectivity index (χ0v) is 33.1. The number of hydrogen-bond donors (Lipinski definition) is 4. The van der Waals surface area contributed by atoms with Gasteiger partial charge in [-0.25, -0.2) is 4.57 Å². The van der Waals surface area contributed by atoms with Gasteiger partial charge >= 0.3 is 7.82 Å². The molecule has 49 heavy (non-hydrogen) atoms. The number of phosphoric acid groups is 1. The van der Waals surface area contributed by atoms with E-state index in [9.17, 15) is 19.4 Å². The van der Waals surface area contributed by atoms with Gasteiger partial charge in [0.15, 0.2) is 0 Å². The van der Waals surface area contributed by atoms with Gasteiger partial charge in [-0.15, -0.1) is 0 Å². The molecule has 9 heteroatoms. The van der Waals surface area contributed by atoms with Crippen LogP contribution in [0, 0.1) is 0 Å². The average Bonchev–Trinajstić information content (AvgIpc) is 3.09. The monoisotopic (exact) mass is 717 g/mol. The van der Waals surface area contributed by atoms with Crippen LogP contribution < -0.4 is 11.1 Å². The zero-order valence-electron chi connectivity index (χ0n) is 32.2. The van der Waals surface area contributed by atoms with E-state index in [1.165, 1.54) is 148 Å². The second-order valence-electron chi connectivity index (χ2n) is 14.2. The number of rotatable bonds is 39. The van der Waals surface area contributed by atoms with Gasteiger partial charge in [-0.2, -0.15) is 0 Å². The van der Waals surface area contributed by atoms with E-state index in [2.05, 4.69) is 19.2 Å². The molecule has 0 aromatic carbocycles. The quantitative estimate of drug-likeness (QED) is 0.0283. The molecule has 1 amide bonds. The molecule has 0 rings (SSSR count). The van der Waals surface area contributed by atoms with Gasteiger partial charge in [0.1, 0.15) is 0 Å². The van der Waals surface area contributed by atoms with E-state index < -0.39 is 20.0 Å². The number of carbonyl (C=O) groups excluding carboxylic acids is 1. The molecule has 0 aliphatic rings. The molecule has 0 aromatic rings. The Labute approximate surface area is 303 Å². The average molecular weight is 717 g/mol. The maximum atomic E-state index is 12.7. The van der Waals surface area contributed by atoms with E-state index in [1.54, 1.807) is 6.08 Å². The summed E-state index contributed by atoms with van der Waals surface area (Å²) in [5.74, 6) is -0.192. The molecular weight excluding hydrogens is 635 g/mol. The molecule has 0 fully saturated rings. The van der Waals surface area contributed by atoms with Crippen LogP contribution in [-0.2, 0) is 18.4 Å². The van der Waals surface area contributed by atoms with E-state index >= 15 is 0 Å². The molecule has 0 bridgehead atoms. The smallest absolute Gasteiger partial charge is 0.387 e. The highest BCUT2D eigenvalue weighted by Crippen LogP contribution is 2.43. The Hall–Kier alpha value is -0.760. The minimum Gasteiger partial charge on any atom is -0.387 e. The number of unbranched alkanes of at least 4 members (excludes halogenated alkanes) is 27. The van der Waals surface area contributed by atoms with Gasteiger partial charge in [0.25, 0.3) is 0 Å². The van der Waals surface area contributed by atoms with Gasteiger partial charge in [0, 0.05) is 13.0 Å². The lowest BCUT2D eigenvalue weighted by Crippen LogP contribution is -2.45. The highest BCUT2D eigenvalue weighted by molar-refractivity contribution is 7.47. The summed E-state index contributed by atoms with van der Waals surface area (Å²) in [6.45, 7) is 4.13. The number of hydrogen-bond acceptors (Lipinski definition) is 6. The Bertz CT molecular complexity index is 784. The largest absolute Gasteiger partial charge is 0.472 e. The molecule has 3 atom stereocenters. The number of aliphatic hydroxyl groups is 1. The number of phosphoric ester groups is 1. The van der Waals surface area contributed by atoms with Crippen LogP contribution in [0.15, 0.2) is 12.2 Å². The number of allylic oxidation sites excluding steroid dienone is 1. The predicted octanol–water partition coefficient (Wildman–Crippen LogP) is 11.2. The van der Waals surface area contributed by atoms with Crippen molar-refractivity contribution in [1.29, 1.82) is 0 Å². The van der Waals surface area contributed by atoms with Crippen molar-refractivity contribution in [2.24, 2.45) is 5.73 Å². The number of aliphatic hydroxyl groups excluding tert-OH is 1. The summed E-state index contributed by atoms with van der Waals surface area (Å²) in [4.78, 5) is 22.6. The maximum absolute atomic E-state index is 12.7. The zero-order chi connectivity index (χ0) is 36.1. The standard InChI is InChI=1S/C40H81N2O6P/c1-3-5-7-9-11-13-15-16-17-18-19-20-21-22-23-24-26-28-30-32-34-40(44)42-38(37-48-49(45,46)47-36-35-41)39(43)33-31-29-27-25-14-12-10-8-6-4-2/h31,33,38-39,43H,3-30,32,34-37,41H2,1-2H3,(H,42,44)(H,45,46)/b33-31+. The van der Waals surface area contributed by atoms with E-state index in [0.29, 0.717) is 6.42 Å². The van der Waals surface area contributed by atoms with Gasteiger partial charge in [-0.05, 0) is 19.3 Å². The Morgan fingerprint density at radius 1 is 0.653 bits per heavy atom. The van der Waals surface area contributed by atoms with Crippen molar-refractivity contribution < 1.29 is 28.4 Å². The van der Waals surface area contributed by atoms with Gasteiger partial charge in [0.05, 0.1) is 25.4 Å². The fourth-order valence-corrected chi connectivity index (χ4v) is 6.95. The molecule has 5 N–H and O–H groups in total. The molecular formula is C40H81N2O6P. The van der Waals surface area contributed by atoms with Crippen molar-refractivity contribution in [3.63, 3.8) is 0 Å². The second kappa shape index (κ2) is 37.0. The van der Waals surface area contributed by atoms with Crippen LogP contribution in [0.4, 0.5) is 0 Å². The van der Waals surface area contributed by atoms with Crippen LogP contribution in [0.2, 0.25) is 0 Å². The van der Waals surface area contributed by atoms with E-state index in [-0.39, 0.29) is 25.7 Å². The molecule has 0 saturated carbocycles. The van der Waals surface area contributed by atoms with Gasteiger partial charge in [0.2, 0.25) is 5.91 Å². The third-order valence-electron chi connectivity index (χ3n) is 9.36. The Kier molecular flexibility index (Phi) is 36.4. The maximum Gasteiger partial charge on any atom is 0.472 e. The Morgan fingerprint density at radius 2 is 1.04 bits per heavy atom. The summed E-state index contributed by atoms with van der Waals surface area (Å²) in [5.41, 5.74) is 5.36. The molecule has 0 heterocycles. The predicted molar refractivity (Wildman–Crippen MR) is 208 cm³/mol. The van der Waals surface area contributed by atoms with Gasteiger partial charge in [-0.3, -0.25) is 13.8 Å². The molecule has 0 spiro atoms. The first kappa shape index (κ1) is 48.2. The third kappa shape index (κ3) is 35.4. The van der Waals surface area contributed by atoms with Crippen LogP contribution in [-0.4, -0.2) is 47.8 Å². The molecule has 8 nitrogen and oxygen atoms in total. The topological polar surface area (TPSA) is 131 Å². The fraction of sp³-hybridized carbons (Fsp3) is 0.925. The first-order valence-electron chi connectivity index (χ1n) is 20.8. The lowest BCUT2D eigenvalue weighted by atomic mass is 10.0. The summed E-state index contributed by atoms with van der Waals surface area (Å²) < 4.78 is 22.0. The van der Waals surface area contributed by atoms with Gasteiger partial charge in [-0.1, -0.05) is 193 Å². The molecule has 0 saturated heterocycles. The number of carbonyl (C=O) groups is 1.